The number of hydrogen-bond donors (Lipinski definition) is 1. The molecule has 9 heteroatoms. The number of hydrogen-bond acceptors (Lipinski definition) is 4. The third kappa shape index (κ3) is 5.64. The molecule has 1 N–H and O–H groups in total. The van der Waals surface area contributed by atoms with E-state index in [4.69, 9.17) is 25.8 Å². The van der Waals surface area contributed by atoms with Gasteiger partial charge in [-0.25, -0.2) is 0 Å². The fraction of sp³-hybridized carbons (Fsp3) is 0.174. The molecule has 0 saturated carbocycles. The molecule has 168 valence electrons. The molecular weight excluding hydrogens is 447 g/mol. The van der Waals surface area contributed by atoms with Gasteiger partial charge in [-0.2, -0.15) is 13.2 Å². The smallest absolute Gasteiger partial charge is 0.417 e. The van der Waals surface area contributed by atoms with Crippen LogP contribution in [0.3, 0.4) is 0 Å². The van der Waals surface area contributed by atoms with Crippen molar-refractivity contribution in [3.8, 4) is 17.2 Å². The Balaban J connectivity index is 1.79. The summed E-state index contributed by atoms with van der Waals surface area (Å²) in [6, 6.07) is 14.8. The Morgan fingerprint density at radius 2 is 1.72 bits per heavy atom. The number of benzene rings is 3. The summed E-state index contributed by atoms with van der Waals surface area (Å²) in [5.41, 5.74) is -0.260. The molecule has 0 aliphatic rings. The summed E-state index contributed by atoms with van der Waals surface area (Å²) in [7, 11) is 3.03. The maximum absolute atomic E-state index is 13.1. The Hall–Kier alpha value is -3.39. The van der Waals surface area contributed by atoms with Crippen molar-refractivity contribution in [3.05, 3.63) is 82.4 Å². The maximum Gasteiger partial charge on any atom is 0.417 e. The highest BCUT2D eigenvalue weighted by Crippen LogP contribution is 2.36. The van der Waals surface area contributed by atoms with E-state index in [1.165, 1.54) is 19.2 Å². The minimum absolute atomic E-state index is 0.0308. The Morgan fingerprint density at radius 3 is 2.41 bits per heavy atom. The molecule has 0 saturated heterocycles. The fourth-order valence-electron chi connectivity index (χ4n) is 2.91. The summed E-state index contributed by atoms with van der Waals surface area (Å²) in [5.74, 6) is 1.09. The lowest BCUT2D eigenvalue weighted by Gasteiger charge is -2.14. The summed E-state index contributed by atoms with van der Waals surface area (Å²) in [6.07, 6.45) is -4.64. The quantitative estimate of drug-likeness (QED) is 0.451. The van der Waals surface area contributed by atoms with E-state index in [2.05, 4.69) is 5.32 Å². The number of nitrogens with one attached hydrogen (secondary N) is 1. The lowest BCUT2D eigenvalue weighted by Crippen LogP contribution is -2.14. The number of amides is 1. The normalized spacial score (nSPS) is 11.1. The zero-order valence-corrected chi connectivity index (χ0v) is 17.9. The minimum atomic E-state index is -4.64. The molecule has 0 atom stereocenters. The van der Waals surface area contributed by atoms with Crippen LogP contribution in [-0.4, -0.2) is 20.1 Å². The maximum atomic E-state index is 13.1. The number of carbonyl (C=O) groups excluding carboxylic acids is 1. The molecule has 0 aliphatic heterocycles. The molecule has 3 aromatic rings. The van der Waals surface area contributed by atoms with Gasteiger partial charge in [-0.05, 0) is 48.5 Å². The van der Waals surface area contributed by atoms with E-state index in [1.807, 2.05) is 0 Å². The third-order valence-electron chi connectivity index (χ3n) is 4.51. The van der Waals surface area contributed by atoms with Gasteiger partial charge in [0.05, 0.1) is 24.8 Å². The Morgan fingerprint density at radius 1 is 0.969 bits per heavy atom. The third-order valence-corrected chi connectivity index (χ3v) is 4.84. The summed E-state index contributed by atoms with van der Waals surface area (Å²) in [5, 5.41) is 2.01. The predicted molar refractivity (Wildman–Crippen MR) is 115 cm³/mol. The van der Waals surface area contributed by atoms with Crippen molar-refractivity contribution in [1.82, 2.24) is 0 Å². The number of ether oxygens (including phenoxy) is 3. The lowest BCUT2D eigenvalue weighted by molar-refractivity contribution is -0.137. The van der Waals surface area contributed by atoms with Gasteiger partial charge in [-0.3, -0.25) is 4.79 Å². The zero-order chi connectivity index (χ0) is 23.3. The van der Waals surface area contributed by atoms with Crippen molar-refractivity contribution in [2.24, 2.45) is 0 Å². The molecule has 0 radical (unpaired) electrons. The van der Waals surface area contributed by atoms with Crippen LogP contribution in [-0.2, 0) is 12.8 Å². The second kappa shape index (κ2) is 9.82. The van der Waals surface area contributed by atoms with Crippen molar-refractivity contribution < 1.29 is 32.2 Å². The van der Waals surface area contributed by atoms with Gasteiger partial charge in [0.1, 0.15) is 23.9 Å². The summed E-state index contributed by atoms with van der Waals surface area (Å²) >= 11 is 5.62. The van der Waals surface area contributed by atoms with E-state index in [1.54, 1.807) is 43.5 Å². The van der Waals surface area contributed by atoms with E-state index in [0.717, 1.165) is 12.1 Å². The molecule has 3 rings (SSSR count). The monoisotopic (exact) mass is 465 g/mol. The van der Waals surface area contributed by atoms with Crippen LogP contribution < -0.4 is 19.5 Å². The van der Waals surface area contributed by atoms with Crippen LogP contribution in [0.25, 0.3) is 0 Å². The fourth-order valence-corrected chi connectivity index (χ4v) is 3.13. The van der Waals surface area contributed by atoms with E-state index in [-0.39, 0.29) is 17.9 Å². The average Bonchev–Trinajstić information content (AvgIpc) is 2.78. The number of anilines is 1. The van der Waals surface area contributed by atoms with Crippen molar-refractivity contribution in [2.75, 3.05) is 19.5 Å². The SMILES string of the molecule is COc1cccc(OCc2cc(C(=O)Nc3ccc(Cl)c(C(F)(F)F)c3)ccc2OC)c1. The number of rotatable bonds is 7. The Bertz CT molecular complexity index is 1120. The van der Waals surface area contributed by atoms with Crippen molar-refractivity contribution in [2.45, 2.75) is 12.8 Å². The highest BCUT2D eigenvalue weighted by atomic mass is 35.5. The molecule has 0 aromatic heterocycles. The first kappa shape index (κ1) is 23.3. The summed E-state index contributed by atoms with van der Waals surface area (Å²) in [6.45, 7) is 0.0939. The first-order valence-electron chi connectivity index (χ1n) is 9.33. The molecule has 0 aliphatic carbocycles. The minimum Gasteiger partial charge on any atom is -0.497 e. The molecular formula is C23H19ClF3NO4. The van der Waals surface area contributed by atoms with Gasteiger partial charge in [-0.15, -0.1) is 0 Å². The van der Waals surface area contributed by atoms with Gasteiger partial charge >= 0.3 is 6.18 Å². The molecule has 1 amide bonds. The van der Waals surface area contributed by atoms with Crippen LogP contribution in [0.5, 0.6) is 17.2 Å². The van der Waals surface area contributed by atoms with Crippen LogP contribution >= 0.6 is 11.6 Å². The molecule has 0 bridgehead atoms. The lowest BCUT2D eigenvalue weighted by atomic mass is 10.1. The van der Waals surface area contributed by atoms with Gasteiger partial charge in [0.2, 0.25) is 0 Å². The topological polar surface area (TPSA) is 56.8 Å². The first-order valence-corrected chi connectivity index (χ1v) is 9.71. The Labute approximate surface area is 187 Å². The molecule has 3 aromatic carbocycles. The number of halogens is 4. The van der Waals surface area contributed by atoms with E-state index in [0.29, 0.717) is 22.8 Å². The van der Waals surface area contributed by atoms with E-state index in [9.17, 15) is 18.0 Å². The number of methoxy groups -OCH3 is 2. The van der Waals surface area contributed by atoms with E-state index >= 15 is 0 Å². The van der Waals surface area contributed by atoms with Crippen LogP contribution in [0.4, 0.5) is 18.9 Å². The highest BCUT2D eigenvalue weighted by molar-refractivity contribution is 6.31. The second-order valence-corrected chi connectivity index (χ2v) is 7.05. The molecule has 0 heterocycles. The molecule has 32 heavy (non-hydrogen) atoms. The van der Waals surface area contributed by atoms with Gasteiger partial charge in [-0.1, -0.05) is 17.7 Å². The average molecular weight is 466 g/mol. The van der Waals surface area contributed by atoms with Crippen LogP contribution in [0, 0.1) is 0 Å². The molecule has 5 nitrogen and oxygen atoms in total. The highest BCUT2D eigenvalue weighted by Gasteiger charge is 2.33. The first-order chi connectivity index (χ1) is 15.2. The van der Waals surface area contributed by atoms with Gasteiger partial charge < -0.3 is 19.5 Å². The van der Waals surface area contributed by atoms with Crippen molar-refractivity contribution >= 4 is 23.2 Å². The number of carbonyl (C=O) groups is 1. The molecule has 0 unspecified atom stereocenters. The van der Waals surface area contributed by atoms with Crippen LogP contribution in [0.1, 0.15) is 21.5 Å². The standard InChI is InChI=1S/C23H19ClF3NO4/c1-30-17-4-3-5-18(12-17)32-13-15-10-14(6-9-21(15)31-2)22(29)28-16-7-8-20(24)19(11-16)23(25,26)27/h3-12H,13H2,1-2H3,(H,28,29). The zero-order valence-electron chi connectivity index (χ0n) is 17.1. The number of alkyl halides is 3. The predicted octanol–water partition coefficient (Wildman–Crippen LogP) is 6.21. The second-order valence-electron chi connectivity index (χ2n) is 6.64. The largest absolute Gasteiger partial charge is 0.497 e. The van der Waals surface area contributed by atoms with Crippen LogP contribution in [0.2, 0.25) is 5.02 Å². The molecule has 0 fully saturated rings. The van der Waals surface area contributed by atoms with Crippen LogP contribution in [0.15, 0.2) is 60.7 Å². The Kier molecular flexibility index (Phi) is 7.15. The van der Waals surface area contributed by atoms with Crippen molar-refractivity contribution in [3.63, 3.8) is 0 Å². The van der Waals surface area contributed by atoms with Gasteiger partial charge in [0, 0.05) is 22.9 Å². The van der Waals surface area contributed by atoms with Crippen molar-refractivity contribution in [1.29, 1.82) is 0 Å². The van der Waals surface area contributed by atoms with Gasteiger partial charge in [0.25, 0.3) is 5.91 Å². The van der Waals surface area contributed by atoms with Gasteiger partial charge in [0.15, 0.2) is 0 Å². The van der Waals surface area contributed by atoms with E-state index < -0.39 is 22.7 Å². The summed E-state index contributed by atoms with van der Waals surface area (Å²) in [4.78, 5) is 12.6. The summed E-state index contributed by atoms with van der Waals surface area (Å²) < 4.78 is 55.4. The molecule has 0 spiro atoms.